The van der Waals surface area contributed by atoms with E-state index in [4.69, 9.17) is 9.15 Å². The van der Waals surface area contributed by atoms with Crippen molar-refractivity contribution in [3.63, 3.8) is 0 Å². The highest BCUT2D eigenvalue weighted by Gasteiger charge is 2.03. The Morgan fingerprint density at radius 3 is 2.92 bits per heavy atom. The molecule has 0 bridgehead atoms. The molecule has 1 rings (SSSR count). The molecule has 0 fully saturated rings. The van der Waals surface area contributed by atoms with Crippen LogP contribution in [0.25, 0.3) is 0 Å². The summed E-state index contributed by atoms with van der Waals surface area (Å²) in [6.45, 7) is 3.49. The fourth-order valence-corrected chi connectivity index (χ4v) is 0.778. The number of aryl methyl sites for hydroxylation is 1. The Morgan fingerprint density at radius 1 is 1.58 bits per heavy atom. The maximum atomic E-state index is 11.1. The quantitative estimate of drug-likeness (QED) is 0.629. The van der Waals surface area contributed by atoms with Gasteiger partial charge in [-0.3, -0.25) is 4.79 Å². The largest absolute Gasteiger partial charge is 0.465 e. The van der Waals surface area contributed by atoms with Gasteiger partial charge in [-0.05, 0) is 13.8 Å². The molecule has 3 nitrogen and oxygen atoms in total. The molecule has 12 heavy (non-hydrogen) atoms. The molecule has 1 aromatic rings. The summed E-state index contributed by atoms with van der Waals surface area (Å²) in [5.74, 6) is 0.733. The number of ether oxygens (including phenoxy) is 1. The van der Waals surface area contributed by atoms with Gasteiger partial charge in [0.15, 0.2) is 0 Å². The molecule has 0 amide bonds. The van der Waals surface area contributed by atoms with E-state index in [0.29, 0.717) is 5.76 Å². The molecule has 0 atom stereocenters. The lowest BCUT2D eigenvalue weighted by Crippen LogP contribution is -2.03. The second-order valence-electron chi connectivity index (χ2n) is 2.26. The zero-order chi connectivity index (χ0) is 8.97. The molecule has 1 heterocycles. The fraction of sp³-hybridized carbons (Fsp3) is 0.222. The van der Waals surface area contributed by atoms with E-state index in [9.17, 15) is 4.79 Å². The van der Waals surface area contributed by atoms with Crippen molar-refractivity contribution in [3.05, 3.63) is 40.7 Å². The lowest BCUT2D eigenvalue weighted by atomic mass is 10.4. The van der Waals surface area contributed by atoms with Crippen LogP contribution in [0.3, 0.4) is 0 Å². The molecule has 0 aromatic carbocycles. The van der Waals surface area contributed by atoms with Crippen LogP contribution in [0.2, 0.25) is 0 Å². The first-order chi connectivity index (χ1) is 5.75. The Hall–Kier alpha value is -1.51. The van der Waals surface area contributed by atoms with Gasteiger partial charge in [-0.1, -0.05) is 6.08 Å². The molecule has 3 heteroatoms. The van der Waals surface area contributed by atoms with E-state index in [1.807, 2.05) is 0 Å². The van der Waals surface area contributed by atoms with Crippen LogP contribution in [-0.2, 0) is 0 Å². The van der Waals surface area contributed by atoms with Gasteiger partial charge in [0, 0.05) is 6.07 Å². The Labute approximate surface area is 70.3 Å². The SMILES string of the molecule is C/C=C/Oc1c(C)occc1=O. The Morgan fingerprint density at radius 2 is 2.33 bits per heavy atom. The first kappa shape index (κ1) is 8.59. The molecule has 0 radical (unpaired) electrons. The van der Waals surface area contributed by atoms with Gasteiger partial charge in [-0.25, -0.2) is 0 Å². The molecule has 0 aliphatic carbocycles. The summed E-state index contributed by atoms with van der Waals surface area (Å²) >= 11 is 0. The van der Waals surface area contributed by atoms with Crippen LogP contribution in [0.5, 0.6) is 5.75 Å². The average molecular weight is 166 g/mol. The predicted octanol–water partition coefficient (Wildman–Crippen LogP) is 1.86. The topological polar surface area (TPSA) is 39.4 Å². The summed E-state index contributed by atoms with van der Waals surface area (Å²) in [7, 11) is 0. The second-order valence-corrected chi connectivity index (χ2v) is 2.26. The first-order valence-corrected chi connectivity index (χ1v) is 3.62. The predicted molar refractivity (Wildman–Crippen MR) is 45.2 cm³/mol. The first-order valence-electron chi connectivity index (χ1n) is 3.62. The summed E-state index contributed by atoms with van der Waals surface area (Å²) in [6, 6.07) is 1.33. The summed E-state index contributed by atoms with van der Waals surface area (Å²) in [5, 5.41) is 0. The lowest BCUT2D eigenvalue weighted by Gasteiger charge is -1.99. The highest BCUT2D eigenvalue weighted by Crippen LogP contribution is 2.10. The monoisotopic (exact) mass is 166 g/mol. The van der Waals surface area contributed by atoms with E-state index in [2.05, 4.69) is 0 Å². The van der Waals surface area contributed by atoms with Crippen molar-refractivity contribution in [2.45, 2.75) is 13.8 Å². The third kappa shape index (κ3) is 1.75. The van der Waals surface area contributed by atoms with Gasteiger partial charge < -0.3 is 9.15 Å². The Balaban J connectivity index is 3.04. The third-order valence-electron chi connectivity index (χ3n) is 1.33. The highest BCUT2D eigenvalue weighted by molar-refractivity contribution is 5.23. The van der Waals surface area contributed by atoms with Crippen molar-refractivity contribution < 1.29 is 9.15 Å². The van der Waals surface area contributed by atoms with Crippen LogP contribution in [-0.4, -0.2) is 0 Å². The minimum atomic E-state index is -0.170. The van der Waals surface area contributed by atoms with Crippen LogP contribution in [0.15, 0.2) is 33.9 Å². The number of allylic oxidation sites excluding steroid dienone is 1. The maximum absolute atomic E-state index is 11.1. The van der Waals surface area contributed by atoms with E-state index in [1.54, 1.807) is 19.9 Å². The lowest BCUT2D eigenvalue weighted by molar-refractivity contribution is 0.419. The fourth-order valence-electron chi connectivity index (χ4n) is 0.778. The van der Waals surface area contributed by atoms with Gasteiger partial charge >= 0.3 is 0 Å². The molecule has 64 valence electrons. The van der Waals surface area contributed by atoms with Crippen LogP contribution >= 0.6 is 0 Å². The maximum Gasteiger partial charge on any atom is 0.227 e. The minimum Gasteiger partial charge on any atom is -0.465 e. The second kappa shape index (κ2) is 3.76. The van der Waals surface area contributed by atoms with Crippen molar-refractivity contribution in [2.75, 3.05) is 0 Å². The van der Waals surface area contributed by atoms with Crippen LogP contribution in [0.4, 0.5) is 0 Å². The molecule has 0 unspecified atom stereocenters. The molecular weight excluding hydrogens is 156 g/mol. The normalized spacial score (nSPS) is 10.5. The number of hydrogen-bond acceptors (Lipinski definition) is 3. The van der Waals surface area contributed by atoms with Gasteiger partial charge in [-0.15, -0.1) is 0 Å². The van der Waals surface area contributed by atoms with E-state index in [-0.39, 0.29) is 11.2 Å². The van der Waals surface area contributed by atoms with Crippen molar-refractivity contribution in [1.29, 1.82) is 0 Å². The summed E-state index contributed by atoms with van der Waals surface area (Å²) in [4.78, 5) is 11.1. The summed E-state index contributed by atoms with van der Waals surface area (Å²) in [6.07, 6.45) is 4.49. The van der Waals surface area contributed by atoms with E-state index >= 15 is 0 Å². The number of rotatable bonds is 2. The summed E-state index contributed by atoms with van der Waals surface area (Å²) < 4.78 is 10.0. The van der Waals surface area contributed by atoms with Crippen LogP contribution in [0.1, 0.15) is 12.7 Å². The Bertz CT molecular complexity index is 336. The van der Waals surface area contributed by atoms with E-state index in [1.165, 1.54) is 18.6 Å². The van der Waals surface area contributed by atoms with Crippen LogP contribution < -0.4 is 10.2 Å². The smallest absolute Gasteiger partial charge is 0.227 e. The minimum absolute atomic E-state index is 0.170. The Kier molecular flexibility index (Phi) is 2.69. The molecule has 0 N–H and O–H groups in total. The molecule has 0 aliphatic rings. The zero-order valence-corrected chi connectivity index (χ0v) is 7.03. The van der Waals surface area contributed by atoms with Crippen molar-refractivity contribution in [3.8, 4) is 5.75 Å². The number of hydrogen-bond donors (Lipinski definition) is 0. The summed E-state index contributed by atoms with van der Waals surface area (Å²) in [5.41, 5.74) is -0.170. The van der Waals surface area contributed by atoms with Gasteiger partial charge in [0.25, 0.3) is 0 Å². The van der Waals surface area contributed by atoms with Gasteiger partial charge in [0.05, 0.1) is 12.5 Å². The third-order valence-corrected chi connectivity index (χ3v) is 1.33. The van der Waals surface area contributed by atoms with Crippen molar-refractivity contribution in [2.24, 2.45) is 0 Å². The highest BCUT2D eigenvalue weighted by atomic mass is 16.5. The molecule has 0 saturated heterocycles. The molecule has 0 aliphatic heterocycles. The molecule has 0 spiro atoms. The molecule has 1 aromatic heterocycles. The average Bonchev–Trinajstić information content (AvgIpc) is 2.04. The van der Waals surface area contributed by atoms with Crippen molar-refractivity contribution >= 4 is 0 Å². The standard InChI is InChI=1S/C9H10O3/c1-3-5-12-9-7(2)11-6-4-8(9)10/h3-6H,1-2H3/b5-3+. The van der Waals surface area contributed by atoms with Gasteiger partial charge in [-0.2, -0.15) is 0 Å². The zero-order valence-electron chi connectivity index (χ0n) is 7.03. The van der Waals surface area contributed by atoms with Crippen molar-refractivity contribution in [1.82, 2.24) is 0 Å². The van der Waals surface area contributed by atoms with E-state index < -0.39 is 0 Å². The van der Waals surface area contributed by atoms with Crippen LogP contribution in [0, 0.1) is 6.92 Å². The molecule has 0 saturated carbocycles. The van der Waals surface area contributed by atoms with Gasteiger partial charge in [0.2, 0.25) is 11.2 Å². The van der Waals surface area contributed by atoms with Gasteiger partial charge in [0.1, 0.15) is 5.76 Å². The molecular formula is C9H10O3. The van der Waals surface area contributed by atoms with E-state index in [0.717, 1.165) is 0 Å².